The SMILES string of the molecule is NC(=O)c1ccc(Br)cc1C(=O)NN=Cc1cccc(F)c1. The minimum absolute atomic E-state index is 0.0849. The number of nitrogens with one attached hydrogen (secondary N) is 1. The van der Waals surface area contributed by atoms with Gasteiger partial charge in [-0.25, -0.2) is 9.82 Å². The summed E-state index contributed by atoms with van der Waals surface area (Å²) in [6, 6.07) is 10.2. The van der Waals surface area contributed by atoms with Crippen molar-refractivity contribution in [3.63, 3.8) is 0 Å². The van der Waals surface area contributed by atoms with Crippen molar-refractivity contribution in [2.75, 3.05) is 0 Å². The van der Waals surface area contributed by atoms with E-state index in [9.17, 15) is 14.0 Å². The second-order valence-corrected chi connectivity index (χ2v) is 5.22. The highest BCUT2D eigenvalue weighted by Crippen LogP contribution is 2.16. The van der Waals surface area contributed by atoms with Crippen LogP contribution in [0.2, 0.25) is 0 Å². The van der Waals surface area contributed by atoms with Gasteiger partial charge in [0.15, 0.2) is 0 Å². The number of primary amides is 1. The molecule has 0 aliphatic rings. The summed E-state index contributed by atoms with van der Waals surface area (Å²) in [6.45, 7) is 0. The van der Waals surface area contributed by atoms with E-state index in [0.29, 0.717) is 10.0 Å². The van der Waals surface area contributed by atoms with Crippen molar-refractivity contribution >= 4 is 34.0 Å². The van der Waals surface area contributed by atoms with Crippen molar-refractivity contribution in [1.29, 1.82) is 0 Å². The molecule has 0 aliphatic carbocycles. The molecule has 2 amide bonds. The molecule has 0 unspecified atom stereocenters. The lowest BCUT2D eigenvalue weighted by Crippen LogP contribution is -2.23. The monoisotopic (exact) mass is 363 g/mol. The quantitative estimate of drug-likeness (QED) is 0.645. The van der Waals surface area contributed by atoms with E-state index in [-0.39, 0.29) is 11.1 Å². The molecule has 0 radical (unpaired) electrons. The number of nitrogens with zero attached hydrogens (tertiary/aromatic N) is 1. The van der Waals surface area contributed by atoms with Gasteiger partial charge in [0.2, 0.25) is 5.91 Å². The molecule has 2 rings (SSSR count). The fraction of sp³-hybridized carbons (Fsp3) is 0. The maximum Gasteiger partial charge on any atom is 0.272 e. The van der Waals surface area contributed by atoms with E-state index in [4.69, 9.17) is 5.73 Å². The highest BCUT2D eigenvalue weighted by molar-refractivity contribution is 9.10. The maximum absolute atomic E-state index is 13.0. The van der Waals surface area contributed by atoms with E-state index in [1.807, 2.05) is 0 Å². The maximum atomic E-state index is 13.0. The molecule has 0 bridgehead atoms. The van der Waals surface area contributed by atoms with Gasteiger partial charge in [0.1, 0.15) is 5.82 Å². The van der Waals surface area contributed by atoms with Crippen molar-refractivity contribution in [2.24, 2.45) is 10.8 Å². The van der Waals surface area contributed by atoms with Crippen molar-refractivity contribution in [2.45, 2.75) is 0 Å². The molecule has 3 N–H and O–H groups in total. The molecular formula is C15H11BrFN3O2. The highest BCUT2D eigenvalue weighted by Gasteiger charge is 2.15. The number of carbonyl (C=O) groups is 2. The Labute approximate surface area is 134 Å². The first-order chi connectivity index (χ1) is 10.5. The van der Waals surface area contributed by atoms with E-state index in [1.54, 1.807) is 12.1 Å². The molecule has 7 heteroatoms. The molecule has 0 heterocycles. The number of halogens is 2. The van der Waals surface area contributed by atoms with E-state index < -0.39 is 17.6 Å². The summed E-state index contributed by atoms with van der Waals surface area (Å²) in [5, 5.41) is 3.73. The Bertz CT molecular complexity index is 762. The van der Waals surface area contributed by atoms with Crippen LogP contribution in [0.1, 0.15) is 26.3 Å². The Kier molecular flexibility index (Phi) is 5.00. The Morgan fingerprint density at radius 2 is 1.95 bits per heavy atom. The van der Waals surface area contributed by atoms with Gasteiger partial charge in [-0.2, -0.15) is 5.10 Å². The summed E-state index contributed by atoms with van der Waals surface area (Å²) in [5.74, 6) is -1.72. The molecule has 22 heavy (non-hydrogen) atoms. The molecule has 0 saturated carbocycles. The minimum atomic E-state index is -0.716. The Morgan fingerprint density at radius 1 is 1.18 bits per heavy atom. The molecule has 0 aliphatic heterocycles. The van der Waals surface area contributed by atoms with E-state index in [1.165, 1.54) is 36.5 Å². The Balaban J connectivity index is 2.16. The standard InChI is InChI=1S/C15H11BrFN3O2/c16-10-4-5-12(14(18)21)13(7-10)15(22)20-19-8-9-2-1-3-11(17)6-9/h1-8H,(H2,18,21)(H,20,22). The summed E-state index contributed by atoms with van der Waals surface area (Å²) in [6.07, 6.45) is 1.29. The van der Waals surface area contributed by atoms with Gasteiger partial charge < -0.3 is 5.73 Å². The average Bonchev–Trinajstić information content (AvgIpc) is 2.46. The number of hydrogen-bond acceptors (Lipinski definition) is 3. The molecule has 0 saturated heterocycles. The number of hydrogen-bond donors (Lipinski definition) is 2. The predicted molar refractivity (Wildman–Crippen MR) is 84.1 cm³/mol. The highest BCUT2D eigenvalue weighted by atomic mass is 79.9. The van der Waals surface area contributed by atoms with Crippen LogP contribution < -0.4 is 11.2 Å². The lowest BCUT2D eigenvalue weighted by molar-refractivity contribution is 0.0937. The number of carbonyl (C=O) groups excluding carboxylic acids is 2. The number of benzene rings is 2. The summed E-state index contributed by atoms with van der Waals surface area (Å²) >= 11 is 3.21. The molecule has 112 valence electrons. The van der Waals surface area contributed by atoms with Gasteiger partial charge in [0.05, 0.1) is 17.3 Å². The normalized spacial score (nSPS) is 10.6. The van der Waals surface area contributed by atoms with Gasteiger partial charge in [-0.1, -0.05) is 28.1 Å². The Hall–Kier alpha value is -2.54. The third-order valence-corrected chi connectivity index (χ3v) is 3.21. The topological polar surface area (TPSA) is 84.5 Å². The van der Waals surface area contributed by atoms with Crippen molar-refractivity contribution in [1.82, 2.24) is 5.43 Å². The van der Waals surface area contributed by atoms with Crippen LogP contribution in [0.25, 0.3) is 0 Å². The third-order valence-electron chi connectivity index (χ3n) is 2.72. The number of nitrogens with two attached hydrogens (primary N) is 1. The summed E-state index contributed by atoms with van der Waals surface area (Å²) in [4.78, 5) is 23.4. The third kappa shape index (κ3) is 3.98. The van der Waals surface area contributed by atoms with Gasteiger partial charge >= 0.3 is 0 Å². The van der Waals surface area contributed by atoms with Gasteiger partial charge in [-0.05, 0) is 35.9 Å². The molecule has 0 atom stereocenters. The first-order valence-corrected chi connectivity index (χ1v) is 6.95. The summed E-state index contributed by atoms with van der Waals surface area (Å²) in [5.41, 5.74) is 8.16. The zero-order valence-electron chi connectivity index (χ0n) is 11.2. The van der Waals surface area contributed by atoms with Crippen LogP contribution in [0, 0.1) is 5.82 Å². The largest absolute Gasteiger partial charge is 0.366 e. The molecule has 0 spiro atoms. The van der Waals surface area contributed by atoms with Gasteiger partial charge in [-0.3, -0.25) is 9.59 Å². The lowest BCUT2D eigenvalue weighted by Gasteiger charge is -2.05. The van der Waals surface area contributed by atoms with Crippen molar-refractivity contribution in [3.05, 3.63) is 69.4 Å². The number of amides is 2. The zero-order valence-corrected chi connectivity index (χ0v) is 12.8. The smallest absolute Gasteiger partial charge is 0.272 e. The van der Waals surface area contributed by atoms with E-state index in [0.717, 1.165) is 0 Å². The van der Waals surface area contributed by atoms with E-state index in [2.05, 4.69) is 26.5 Å². The van der Waals surface area contributed by atoms with Crippen LogP contribution in [-0.2, 0) is 0 Å². The average molecular weight is 364 g/mol. The fourth-order valence-electron chi connectivity index (χ4n) is 1.73. The summed E-state index contributed by atoms with van der Waals surface area (Å²) in [7, 11) is 0. The van der Waals surface area contributed by atoms with Crippen LogP contribution in [0.15, 0.2) is 52.0 Å². The van der Waals surface area contributed by atoms with Gasteiger partial charge in [0.25, 0.3) is 5.91 Å². The first-order valence-electron chi connectivity index (χ1n) is 6.15. The van der Waals surface area contributed by atoms with Crippen LogP contribution in [-0.4, -0.2) is 18.0 Å². The van der Waals surface area contributed by atoms with Crippen LogP contribution >= 0.6 is 15.9 Å². The lowest BCUT2D eigenvalue weighted by atomic mass is 10.1. The molecule has 0 aromatic heterocycles. The Morgan fingerprint density at radius 3 is 2.64 bits per heavy atom. The number of hydrazone groups is 1. The van der Waals surface area contributed by atoms with Gasteiger partial charge in [-0.15, -0.1) is 0 Å². The molecule has 2 aromatic rings. The second kappa shape index (κ2) is 6.95. The minimum Gasteiger partial charge on any atom is -0.366 e. The fourth-order valence-corrected chi connectivity index (χ4v) is 2.09. The van der Waals surface area contributed by atoms with Crippen molar-refractivity contribution < 1.29 is 14.0 Å². The number of rotatable bonds is 4. The zero-order chi connectivity index (χ0) is 16.1. The molecule has 0 fully saturated rings. The predicted octanol–water partition coefficient (Wildman–Crippen LogP) is 2.45. The summed E-state index contributed by atoms with van der Waals surface area (Å²) < 4.78 is 13.6. The van der Waals surface area contributed by atoms with E-state index >= 15 is 0 Å². The van der Waals surface area contributed by atoms with Crippen LogP contribution in [0.3, 0.4) is 0 Å². The van der Waals surface area contributed by atoms with Gasteiger partial charge in [0, 0.05) is 4.47 Å². The second-order valence-electron chi connectivity index (χ2n) is 4.31. The molecular weight excluding hydrogens is 353 g/mol. The molecule has 5 nitrogen and oxygen atoms in total. The van der Waals surface area contributed by atoms with Crippen LogP contribution in [0.5, 0.6) is 0 Å². The van der Waals surface area contributed by atoms with Crippen molar-refractivity contribution in [3.8, 4) is 0 Å². The first kappa shape index (κ1) is 15.8. The van der Waals surface area contributed by atoms with Crippen LogP contribution in [0.4, 0.5) is 4.39 Å². The molecule has 2 aromatic carbocycles.